The minimum absolute atomic E-state index is 0.431. The molecule has 0 aromatic heterocycles. The largest absolute Gasteiger partial charge is 0.491 e. The van der Waals surface area contributed by atoms with Crippen LogP contribution in [0.15, 0.2) is 16.6 Å². The average molecular weight is 376 g/mol. The Morgan fingerprint density at radius 1 is 1.43 bits per heavy atom. The van der Waals surface area contributed by atoms with Crippen LogP contribution in [0.4, 0.5) is 5.69 Å². The van der Waals surface area contributed by atoms with Crippen LogP contribution in [-0.2, 0) is 0 Å². The molecule has 0 amide bonds. The lowest BCUT2D eigenvalue weighted by molar-refractivity contribution is 0.145. The van der Waals surface area contributed by atoms with Gasteiger partial charge in [-0.15, -0.1) is 0 Å². The first-order chi connectivity index (χ1) is 9.92. The number of rotatable bonds is 4. The van der Waals surface area contributed by atoms with Crippen LogP contribution in [0.2, 0.25) is 5.02 Å². The topological polar surface area (TPSA) is 24.5 Å². The third kappa shape index (κ3) is 4.05. The summed E-state index contributed by atoms with van der Waals surface area (Å²) < 4.78 is 6.67. The Morgan fingerprint density at radius 2 is 2.14 bits per heavy atom. The van der Waals surface area contributed by atoms with Crippen molar-refractivity contribution in [3.8, 4) is 5.75 Å². The van der Waals surface area contributed by atoms with Crippen LogP contribution < -0.4 is 10.1 Å². The molecule has 0 spiro atoms. The summed E-state index contributed by atoms with van der Waals surface area (Å²) in [6.07, 6.45) is 1.12. The van der Waals surface area contributed by atoms with Gasteiger partial charge in [0.25, 0.3) is 0 Å². The number of hydrogen-bond donors (Lipinski definition) is 1. The molecule has 0 aliphatic carbocycles. The van der Waals surface area contributed by atoms with Crippen LogP contribution in [0.5, 0.6) is 5.75 Å². The normalized spacial score (nSPS) is 26.7. The fourth-order valence-corrected chi connectivity index (χ4v) is 3.83. The molecule has 1 N–H and O–H groups in total. The molecule has 1 aliphatic heterocycles. The number of nitrogens with zero attached hydrogens (tertiary/aromatic N) is 1. The van der Waals surface area contributed by atoms with E-state index in [0.29, 0.717) is 29.6 Å². The minimum atomic E-state index is 0.431. The lowest BCUT2D eigenvalue weighted by atomic mass is 9.89. The van der Waals surface area contributed by atoms with Gasteiger partial charge in [-0.1, -0.05) is 18.5 Å². The summed E-state index contributed by atoms with van der Waals surface area (Å²) in [5.74, 6) is 1.43. The van der Waals surface area contributed by atoms with E-state index in [0.717, 1.165) is 28.9 Å². The maximum Gasteiger partial charge on any atom is 0.156 e. The lowest BCUT2D eigenvalue weighted by Crippen LogP contribution is -2.48. The molecule has 1 aromatic rings. The fraction of sp³-hybridized carbons (Fsp3) is 0.625. The number of piperidine rings is 1. The Hall–Kier alpha value is -0.450. The summed E-state index contributed by atoms with van der Waals surface area (Å²) in [4.78, 5) is 2.42. The summed E-state index contributed by atoms with van der Waals surface area (Å²) in [5, 5.41) is 4.36. The summed E-state index contributed by atoms with van der Waals surface area (Å²) in [6.45, 7) is 8.29. The van der Waals surface area contributed by atoms with E-state index in [1.807, 2.05) is 19.1 Å². The number of anilines is 1. The van der Waals surface area contributed by atoms with Gasteiger partial charge in [-0.3, -0.25) is 0 Å². The van der Waals surface area contributed by atoms with E-state index in [-0.39, 0.29) is 0 Å². The van der Waals surface area contributed by atoms with Crippen molar-refractivity contribution >= 4 is 33.2 Å². The number of nitrogens with one attached hydrogen (secondary N) is 1. The zero-order valence-corrected chi connectivity index (χ0v) is 15.5. The van der Waals surface area contributed by atoms with E-state index in [2.05, 4.69) is 47.0 Å². The van der Waals surface area contributed by atoms with Gasteiger partial charge in [0.15, 0.2) is 5.75 Å². The molecule has 21 heavy (non-hydrogen) atoms. The van der Waals surface area contributed by atoms with Crippen molar-refractivity contribution in [2.75, 3.05) is 25.5 Å². The highest BCUT2D eigenvalue weighted by atomic mass is 79.9. The SMILES string of the molecule is CCOc1c(Br)cc(Cl)cc1NC1CC(C)N(C)CC1C. The summed E-state index contributed by atoms with van der Waals surface area (Å²) in [6, 6.07) is 4.84. The zero-order chi connectivity index (χ0) is 15.6. The molecule has 118 valence electrons. The molecule has 0 radical (unpaired) electrons. The fourth-order valence-electron chi connectivity index (χ4n) is 2.90. The van der Waals surface area contributed by atoms with E-state index >= 15 is 0 Å². The van der Waals surface area contributed by atoms with Gasteiger partial charge in [0, 0.05) is 23.7 Å². The van der Waals surface area contributed by atoms with Gasteiger partial charge in [0.1, 0.15) is 0 Å². The van der Waals surface area contributed by atoms with Gasteiger partial charge in [-0.05, 0) is 61.3 Å². The highest BCUT2D eigenvalue weighted by Crippen LogP contribution is 2.38. The minimum Gasteiger partial charge on any atom is -0.491 e. The summed E-state index contributed by atoms with van der Waals surface area (Å²) in [7, 11) is 2.19. The molecule has 5 heteroatoms. The molecule has 1 heterocycles. The molecule has 3 nitrogen and oxygen atoms in total. The van der Waals surface area contributed by atoms with Crippen molar-refractivity contribution in [1.82, 2.24) is 4.90 Å². The zero-order valence-electron chi connectivity index (χ0n) is 13.1. The van der Waals surface area contributed by atoms with Gasteiger partial charge < -0.3 is 15.0 Å². The summed E-state index contributed by atoms with van der Waals surface area (Å²) in [5.41, 5.74) is 0.977. The van der Waals surface area contributed by atoms with E-state index in [4.69, 9.17) is 16.3 Å². The molecule has 3 unspecified atom stereocenters. The maximum absolute atomic E-state index is 6.19. The van der Waals surface area contributed by atoms with Crippen LogP contribution in [0.3, 0.4) is 0 Å². The quantitative estimate of drug-likeness (QED) is 0.829. The summed E-state index contributed by atoms with van der Waals surface area (Å²) >= 11 is 9.74. The maximum atomic E-state index is 6.19. The molecule has 0 bridgehead atoms. The average Bonchev–Trinajstić information content (AvgIpc) is 2.40. The standard InChI is InChI=1S/C16H24BrClN2O/c1-5-21-16-13(17)7-12(18)8-15(16)19-14-6-11(3)20(4)9-10(14)2/h7-8,10-11,14,19H,5-6,9H2,1-4H3. The van der Waals surface area contributed by atoms with Crippen molar-refractivity contribution in [3.05, 3.63) is 21.6 Å². The molecule has 2 rings (SSSR count). The van der Waals surface area contributed by atoms with E-state index in [1.54, 1.807) is 0 Å². The van der Waals surface area contributed by atoms with Crippen LogP contribution in [0.1, 0.15) is 27.2 Å². The van der Waals surface area contributed by atoms with Gasteiger partial charge in [0.2, 0.25) is 0 Å². The highest BCUT2D eigenvalue weighted by Gasteiger charge is 2.29. The number of benzene rings is 1. The van der Waals surface area contributed by atoms with E-state index < -0.39 is 0 Å². The smallest absolute Gasteiger partial charge is 0.156 e. The van der Waals surface area contributed by atoms with Crippen LogP contribution >= 0.6 is 27.5 Å². The first-order valence-electron chi connectivity index (χ1n) is 7.51. The Labute approximate surface area is 141 Å². The molecule has 1 aliphatic rings. The molecule has 3 atom stereocenters. The van der Waals surface area contributed by atoms with Gasteiger partial charge in [-0.2, -0.15) is 0 Å². The van der Waals surface area contributed by atoms with Crippen molar-refractivity contribution in [3.63, 3.8) is 0 Å². The Bertz CT molecular complexity index is 497. The van der Waals surface area contributed by atoms with Crippen molar-refractivity contribution in [2.24, 2.45) is 5.92 Å². The van der Waals surface area contributed by atoms with Crippen LogP contribution in [-0.4, -0.2) is 37.2 Å². The molecular formula is C16H24BrClN2O. The number of halogens is 2. The molecule has 0 saturated carbocycles. The Balaban J connectivity index is 2.22. The Kier molecular flexibility index (Phi) is 5.81. The third-order valence-corrected chi connectivity index (χ3v) is 5.06. The number of likely N-dealkylation sites (tertiary alicyclic amines) is 1. The third-order valence-electron chi connectivity index (χ3n) is 4.25. The first-order valence-corrected chi connectivity index (χ1v) is 8.68. The Morgan fingerprint density at radius 3 is 2.81 bits per heavy atom. The molecule has 1 saturated heterocycles. The number of ether oxygens (including phenoxy) is 1. The van der Waals surface area contributed by atoms with Crippen molar-refractivity contribution < 1.29 is 4.74 Å². The lowest BCUT2D eigenvalue weighted by Gasteiger charge is -2.40. The first kappa shape index (κ1) is 16.9. The molecular weight excluding hydrogens is 352 g/mol. The number of hydrogen-bond acceptors (Lipinski definition) is 3. The van der Waals surface area contributed by atoms with Gasteiger partial charge >= 0.3 is 0 Å². The van der Waals surface area contributed by atoms with Crippen LogP contribution in [0, 0.1) is 5.92 Å². The van der Waals surface area contributed by atoms with Crippen molar-refractivity contribution in [1.29, 1.82) is 0 Å². The van der Waals surface area contributed by atoms with Crippen molar-refractivity contribution in [2.45, 2.75) is 39.3 Å². The monoisotopic (exact) mass is 374 g/mol. The second kappa shape index (κ2) is 7.21. The predicted molar refractivity (Wildman–Crippen MR) is 93.6 cm³/mol. The second-order valence-electron chi connectivity index (χ2n) is 5.95. The van der Waals surface area contributed by atoms with Gasteiger partial charge in [0.05, 0.1) is 16.8 Å². The molecule has 1 aromatic carbocycles. The highest BCUT2D eigenvalue weighted by molar-refractivity contribution is 9.10. The van der Waals surface area contributed by atoms with Gasteiger partial charge in [-0.25, -0.2) is 0 Å². The second-order valence-corrected chi connectivity index (χ2v) is 7.24. The van der Waals surface area contributed by atoms with E-state index in [1.165, 1.54) is 0 Å². The van der Waals surface area contributed by atoms with E-state index in [9.17, 15) is 0 Å². The molecule has 1 fully saturated rings. The predicted octanol–water partition coefficient (Wildman–Crippen LogP) is 4.64. The van der Waals surface area contributed by atoms with Crippen LogP contribution in [0.25, 0.3) is 0 Å².